The Hall–Kier alpha value is -2.46. The zero-order chi connectivity index (χ0) is 27.8. The number of benzene rings is 1. The molecule has 1 aromatic rings. The maximum absolute atomic E-state index is 13.5. The number of carbonyl (C=O) groups is 4. The maximum atomic E-state index is 13.5. The largest absolute Gasteiger partial charge is 0.467 e. The number of nitrogens with one attached hydrogen (secondary N) is 3. The van der Waals surface area contributed by atoms with Gasteiger partial charge in [0.2, 0.25) is 11.8 Å². The summed E-state index contributed by atoms with van der Waals surface area (Å²) in [5, 5.41) is 5.85. The van der Waals surface area contributed by atoms with Crippen molar-refractivity contribution < 1.29 is 28.7 Å². The summed E-state index contributed by atoms with van der Waals surface area (Å²) in [4.78, 5) is 51.2. The van der Waals surface area contributed by atoms with Crippen molar-refractivity contribution in [3.63, 3.8) is 0 Å². The lowest BCUT2D eigenvalue weighted by atomic mass is 9.74. The van der Waals surface area contributed by atoms with E-state index in [2.05, 4.69) is 15.4 Å². The van der Waals surface area contributed by atoms with Crippen LogP contribution in [-0.2, 0) is 30.5 Å². The fourth-order valence-electron chi connectivity index (χ4n) is 5.87. The number of rotatable bonds is 11. The van der Waals surface area contributed by atoms with E-state index >= 15 is 0 Å². The molecule has 3 atom stereocenters. The molecule has 4 rings (SSSR count). The van der Waals surface area contributed by atoms with E-state index in [4.69, 9.17) is 21.1 Å². The van der Waals surface area contributed by atoms with Crippen LogP contribution < -0.4 is 15.4 Å². The summed E-state index contributed by atoms with van der Waals surface area (Å²) >= 11 is 6.98. The molecule has 1 saturated heterocycles. The van der Waals surface area contributed by atoms with Crippen molar-refractivity contribution in [3.8, 4) is 0 Å². The molecule has 3 fully saturated rings. The lowest BCUT2D eigenvalue weighted by Crippen LogP contribution is -2.47. The van der Waals surface area contributed by atoms with Gasteiger partial charge < -0.3 is 20.1 Å². The predicted molar refractivity (Wildman–Crippen MR) is 149 cm³/mol. The zero-order valence-electron chi connectivity index (χ0n) is 22.3. The molecule has 3 aliphatic rings. The van der Waals surface area contributed by atoms with Gasteiger partial charge in [0.15, 0.2) is 0 Å². The minimum atomic E-state index is -0.947. The van der Waals surface area contributed by atoms with Gasteiger partial charge in [-0.3, -0.25) is 14.3 Å². The fraction of sp³-hybridized carbons (Fsp3) is 0.643. The Kier molecular flexibility index (Phi) is 10.4. The van der Waals surface area contributed by atoms with Gasteiger partial charge in [0, 0.05) is 16.5 Å². The second-order valence-corrected chi connectivity index (χ2v) is 12.4. The first kappa shape index (κ1) is 29.5. The summed E-state index contributed by atoms with van der Waals surface area (Å²) in [7, 11) is 1.27. The van der Waals surface area contributed by atoms with Crippen molar-refractivity contribution in [2.24, 2.45) is 11.8 Å². The highest BCUT2D eigenvalue weighted by molar-refractivity contribution is 7.99. The third kappa shape index (κ3) is 8.27. The van der Waals surface area contributed by atoms with E-state index in [0.717, 1.165) is 62.5 Å². The van der Waals surface area contributed by atoms with Gasteiger partial charge in [-0.1, -0.05) is 55.8 Å². The molecule has 2 aliphatic carbocycles. The van der Waals surface area contributed by atoms with Crippen LogP contribution in [0.5, 0.6) is 0 Å². The van der Waals surface area contributed by atoms with Crippen LogP contribution in [0, 0.1) is 11.8 Å². The van der Waals surface area contributed by atoms with Crippen LogP contribution in [0.4, 0.5) is 4.79 Å². The van der Waals surface area contributed by atoms with Crippen molar-refractivity contribution in [2.75, 3.05) is 7.11 Å². The van der Waals surface area contributed by atoms with E-state index in [1.807, 2.05) is 0 Å². The standard InChI is InChI=1S/C28H38ClN3O6S/c1-37-26(35)22(15-20-16-28(11-6-12-28)31-24(20)33)30-25(34)23(14-18-7-3-2-4-8-18)39-32-27(36)38-17-19-9-5-10-21(29)13-19/h5,9-10,13,18,20,22-23H,2-4,6-8,11-12,14-17H2,1H3,(H,30,34)(H,31,33)(H,32,36)/t20?,22?,23-/m0/s1. The minimum Gasteiger partial charge on any atom is -0.467 e. The second kappa shape index (κ2) is 13.7. The molecule has 2 unspecified atom stereocenters. The lowest BCUT2D eigenvalue weighted by molar-refractivity contribution is -0.145. The summed E-state index contributed by atoms with van der Waals surface area (Å²) in [5.74, 6) is -1.04. The summed E-state index contributed by atoms with van der Waals surface area (Å²) in [6, 6.07) is 6.08. The van der Waals surface area contributed by atoms with Gasteiger partial charge in [0.05, 0.1) is 7.11 Å². The Bertz CT molecular complexity index is 1050. The van der Waals surface area contributed by atoms with E-state index < -0.39 is 23.4 Å². The van der Waals surface area contributed by atoms with Crippen LogP contribution in [0.3, 0.4) is 0 Å². The molecule has 3 amide bonds. The molecule has 1 aromatic carbocycles. The van der Waals surface area contributed by atoms with Gasteiger partial charge in [-0.2, -0.15) is 0 Å². The van der Waals surface area contributed by atoms with Crippen LogP contribution in [0.15, 0.2) is 24.3 Å². The molecule has 39 heavy (non-hydrogen) atoms. The van der Waals surface area contributed by atoms with Crippen LogP contribution in [-0.4, -0.2) is 47.8 Å². The third-order valence-electron chi connectivity index (χ3n) is 8.14. The topological polar surface area (TPSA) is 123 Å². The number of ether oxygens (including phenoxy) is 2. The number of esters is 1. The number of carbonyl (C=O) groups excluding carboxylic acids is 4. The molecule has 9 nitrogen and oxygen atoms in total. The lowest BCUT2D eigenvalue weighted by Gasteiger charge is -2.38. The Morgan fingerprint density at radius 1 is 1.15 bits per heavy atom. The second-order valence-electron chi connectivity index (χ2n) is 11.0. The highest BCUT2D eigenvalue weighted by Gasteiger charge is 2.48. The average Bonchev–Trinajstić information content (AvgIpc) is 3.26. The van der Waals surface area contributed by atoms with Crippen LogP contribution >= 0.6 is 23.5 Å². The monoisotopic (exact) mass is 579 g/mol. The van der Waals surface area contributed by atoms with Crippen molar-refractivity contribution in [2.45, 2.75) is 94.1 Å². The molecule has 1 spiro atoms. The summed E-state index contributed by atoms with van der Waals surface area (Å²) < 4.78 is 12.9. The van der Waals surface area contributed by atoms with Crippen molar-refractivity contribution in [1.82, 2.24) is 15.4 Å². The number of halogens is 1. The first-order valence-electron chi connectivity index (χ1n) is 13.8. The molecule has 214 valence electrons. The fourth-order valence-corrected chi connectivity index (χ4v) is 6.92. The van der Waals surface area contributed by atoms with Crippen molar-refractivity contribution in [1.29, 1.82) is 0 Å². The SMILES string of the molecule is COC(=O)C(CC1CC2(CCC2)NC1=O)NC(=O)[C@H](CC1CCCCC1)SNC(=O)OCc1cccc(Cl)c1. The van der Waals surface area contributed by atoms with Gasteiger partial charge in [0.1, 0.15) is 17.9 Å². The summed E-state index contributed by atoms with van der Waals surface area (Å²) in [5.41, 5.74) is 0.598. The molecular weight excluding hydrogens is 542 g/mol. The first-order chi connectivity index (χ1) is 18.8. The molecule has 11 heteroatoms. The van der Waals surface area contributed by atoms with Gasteiger partial charge in [-0.15, -0.1) is 0 Å². The molecule has 2 saturated carbocycles. The smallest absolute Gasteiger partial charge is 0.417 e. The van der Waals surface area contributed by atoms with E-state index in [0.29, 0.717) is 23.8 Å². The highest BCUT2D eigenvalue weighted by atomic mass is 35.5. The van der Waals surface area contributed by atoms with Gasteiger partial charge in [-0.25, -0.2) is 9.59 Å². The first-order valence-corrected chi connectivity index (χ1v) is 15.1. The Labute approximate surface area is 239 Å². The molecule has 1 aliphatic heterocycles. The van der Waals surface area contributed by atoms with Crippen LogP contribution in [0.2, 0.25) is 5.02 Å². The summed E-state index contributed by atoms with van der Waals surface area (Å²) in [6.07, 6.45) is 9.17. The van der Waals surface area contributed by atoms with Crippen LogP contribution in [0.25, 0.3) is 0 Å². The Balaban J connectivity index is 1.36. The number of hydrogen-bond acceptors (Lipinski definition) is 7. The summed E-state index contributed by atoms with van der Waals surface area (Å²) in [6.45, 7) is 0.0435. The highest BCUT2D eigenvalue weighted by Crippen LogP contribution is 2.42. The zero-order valence-corrected chi connectivity index (χ0v) is 23.9. The van der Waals surface area contributed by atoms with E-state index in [9.17, 15) is 19.2 Å². The van der Waals surface area contributed by atoms with Crippen molar-refractivity contribution in [3.05, 3.63) is 34.9 Å². The van der Waals surface area contributed by atoms with Gasteiger partial charge in [-0.05, 0) is 74.1 Å². The van der Waals surface area contributed by atoms with E-state index in [1.54, 1.807) is 24.3 Å². The normalized spacial score (nSPS) is 21.8. The van der Waals surface area contributed by atoms with Gasteiger partial charge in [0.25, 0.3) is 0 Å². The molecule has 3 N–H and O–H groups in total. The van der Waals surface area contributed by atoms with E-state index in [1.165, 1.54) is 13.5 Å². The van der Waals surface area contributed by atoms with Crippen LogP contribution in [0.1, 0.15) is 76.2 Å². The molecule has 1 heterocycles. The molecular formula is C28H38ClN3O6S. The van der Waals surface area contributed by atoms with Gasteiger partial charge >= 0.3 is 12.1 Å². The molecule has 0 aromatic heterocycles. The quantitative estimate of drug-likeness (QED) is 0.257. The predicted octanol–water partition coefficient (Wildman–Crippen LogP) is 4.66. The third-order valence-corrected chi connectivity index (χ3v) is 9.35. The maximum Gasteiger partial charge on any atom is 0.417 e. The number of methoxy groups -OCH3 is 1. The Morgan fingerprint density at radius 2 is 1.92 bits per heavy atom. The molecule has 0 radical (unpaired) electrons. The minimum absolute atomic E-state index is 0.0435. The number of amides is 3. The van der Waals surface area contributed by atoms with E-state index in [-0.39, 0.29) is 36.3 Å². The molecule has 0 bridgehead atoms. The Morgan fingerprint density at radius 3 is 2.56 bits per heavy atom. The van der Waals surface area contributed by atoms with Crippen molar-refractivity contribution >= 4 is 47.4 Å². The average molecular weight is 580 g/mol. The number of hydrogen-bond donors (Lipinski definition) is 3.